The van der Waals surface area contributed by atoms with Gasteiger partial charge in [-0.2, -0.15) is 10.1 Å². The van der Waals surface area contributed by atoms with E-state index >= 15 is 0 Å². The zero-order chi connectivity index (χ0) is 15.1. The molecule has 0 spiro atoms. The molecule has 0 saturated carbocycles. The van der Waals surface area contributed by atoms with E-state index in [1.807, 2.05) is 24.3 Å². The molecular weight excluding hydrogens is 266 g/mol. The molecule has 112 valence electrons. The first-order valence-electron chi connectivity index (χ1n) is 7.08. The largest absolute Gasteiger partial charge is 0.497 e. The fourth-order valence-corrected chi connectivity index (χ4v) is 1.96. The molecule has 0 amide bonds. The SMILES string of the molecule is CCN(CC)c1nncc(NCc2ccc(OC)cc2)n1. The standard InChI is InChI=1S/C15H21N5O/c1-4-20(5-2)15-18-14(11-17-19-15)16-10-12-6-8-13(21-3)9-7-12/h6-9,11H,4-5,10H2,1-3H3,(H,16,18,19). The maximum Gasteiger partial charge on any atom is 0.247 e. The van der Waals surface area contributed by atoms with Gasteiger partial charge in [0.25, 0.3) is 0 Å². The molecule has 1 heterocycles. The molecule has 1 aromatic carbocycles. The summed E-state index contributed by atoms with van der Waals surface area (Å²) in [7, 11) is 1.66. The summed E-state index contributed by atoms with van der Waals surface area (Å²) in [5, 5.41) is 11.3. The molecule has 0 fully saturated rings. The molecule has 0 unspecified atom stereocenters. The molecule has 0 aliphatic carbocycles. The molecule has 0 bridgehead atoms. The summed E-state index contributed by atoms with van der Waals surface area (Å²) in [5.41, 5.74) is 1.15. The fourth-order valence-electron chi connectivity index (χ4n) is 1.96. The van der Waals surface area contributed by atoms with Crippen LogP contribution >= 0.6 is 0 Å². The second kappa shape index (κ2) is 7.42. The van der Waals surface area contributed by atoms with E-state index in [1.165, 1.54) is 0 Å². The Bertz CT molecular complexity index is 554. The van der Waals surface area contributed by atoms with Gasteiger partial charge < -0.3 is 15.0 Å². The van der Waals surface area contributed by atoms with Crippen LogP contribution in [0.25, 0.3) is 0 Å². The van der Waals surface area contributed by atoms with Crippen molar-refractivity contribution in [3.63, 3.8) is 0 Å². The summed E-state index contributed by atoms with van der Waals surface area (Å²) < 4.78 is 5.14. The number of anilines is 2. The van der Waals surface area contributed by atoms with Crippen LogP contribution in [0, 0.1) is 0 Å². The van der Waals surface area contributed by atoms with Gasteiger partial charge in [0, 0.05) is 19.6 Å². The molecule has 2 aromatic rings. The van der Waals surface area contributed by atoms with Crippen molar-refractivity contribution in [3.05, 3.63) is 36.0 Å². The van der Waals surface area contributed by atoms with E-state index < -0.39 is 0 Å². The van der Waals surface area contributed by atoms with Crippen molar-refractivity contribution in [3.8, 4) is 5.75 Å². The molecule has 0 atom stereocenters. The summed E-state index contributed by atoms with van der Waals surface area (Å²) in [6.07, 6.45) is 1.64. The number of rotatable bonds is 7. The number of nitrogens with one attached hydrogen (secondary N) is 1. The van der Waals surface area contributed by atoms with E-state index in [0.29, 0.717) is 12.5 Å². The first-order chi connectivity index (χ1) is 10.3. The minimum absolute atomic E-state index is 0.653. The summed E-state index contributed by atoms with van der Waals surface area (Å²) in [6.45, 7) is 6.55. The lowest BCUT2D eigenvalue weighted by Gasteiger charge is -2.18. The second-order valence-electron chi connectivity index (χ2n) is 4.52. The molecule has 0 radical (unpaired) electrons. The third-order valence-corrected chi connectivity index (χ3v) is 3.23. The number of methoxy groups -OCH3 is 1. The number of aromatic nitrogens is 3. The maximum atomic E-state index is 5.14. The lowest BCUT2D eigenvalue weighted by atomic mass is 10.2. The van der Waals surface area contributed by atoms with Crippen LogP contribution in [-0.2, 0) is 6.54 Å². The van der Waals surface area contributed by atoms with E-state index in [4.69, 9.17) is 4.74 Å². The zero-order valence-electron chi connectivity index (χ0n) is 12.7. The lowest BCUT2D eigenvalue weighted by Crippen LogP contribution is -2.24. The Kier molecular flexibility index (Phi) is 5.31. The minimum atomic E-state index is 0.653. The Morgan fingerprint density at radius 2 is 1.86 bits per heavy atom. The smallest absolute Gasteiger partial charge is 0.247 e. The number of hydrogen-bond acceptors (Lipinski definition) is 6. The second-order valence-corrected chi connectivity index (χ2v) is 4.52. The molecule has 2 rings (SSSR count). The van der Waals surface area contributed by atoms with E-state index in [1.54, 1.807) is 13.3 Å². The first kappa shape index (κ1) is 15.0. The zero-order valence-corrected chi connectivity index (χ0v) is 12.7. The highest BCUT2D eigenvalue weighted by Gasteiger charge is 2.06. The number of benzene rings is 1. The van der Waals surface area contributed by atoms with Crippen LogP contribution in [0.1, 0.15) is 19.4 Å². The molecule has 6 nitrogen and oxygen atoms in total. The number of hydrogen-bond donors (Lipinski definition) is 1. The van der Waals surface area contributed by atoms with Gasteiger partial charge in [0.05, 0.1) is 13.3 Å². The van der Waals surface area contributed by atoms with Gasteiger partial charge in [0.1, 0.15) is 5.75 Å². The summed E-state index contributed by atoms with van der Waals surface area (Å²) in [6, 6.07) is 7.92. The summed E-state index contributed by atoms with van der Waals surface area (Å²) >= 11 is 0. The molecule has 1 N–H and O–H groups in total. The predicted molar refractivity (Wildman–Crippen MR) is 83.7 cm³/mol. The van der Waals surface area contributed by atoms with Gasteiger partial charge in [-0.3, -0.25) is 0 Å². The van der Waals surface area contributed by atoms with Crippen LogP contribution in [0.4, 0.5) is 11.8 Å². The quantitative estimate of drug-likeness (QED) is 0.843. The van der Waals surface area contributed by atoms with Crippen molar-refractivity contribution in [1.82, 2.24) is 15.2 Å². The highest BCUT2D eigenvalue weighted by molar-refractivity contribution is 5.39. The van der Waals surface area contributed by atoms with Crippen molar-refractivity contribution in [1.29, 1.82) is 0 Å². The van der Waals surface area contributed by atoms with Crippen molar-refractivity contribution < 1.29 is 4.74 Å². The molecule has 0 aliphatic heterocycles. The normalized spacial score (nSPS) is 10.2. The van der Waals surface area contributed by atoms with Crippen LogP contribution in [0.5, 0.6) is 5.75 Å². The minimum Gasteiger partial charge on any atom is -0.497 e. The molecule has 1 aromatic heterocycles. The Morgan fingerprint density at radius 3 is 2.48 bits per heavy atom. The van der Waals surface area contributed by atoms with Gasteiger partial charge in [-0.25, -0.2) is 0 Å². The highest BCUT2D eigenvalue weighted by atomic mass is 16.5. The van der Waals surface area contributed by atoms with E-state index in [2.05, 4.69) is 39.2 Å². The van der Waals surface area contributed by atoms with Gasteiger partial charge in [-0.1, -0.05) is 12.1 Å². The van der Waals surface area contributed by atoms with Crippen LogP contribution in [0.2, 0.25) is 0 Å². The number of nitrogens with zero attached hydrogens (tertiary/aromatic N) is 4. The molecule has 0 saturated heterocycles. The van der Waals surface area contributed by atoms with Crippen molar-refractivity contribution in [2.45, 2.75) is 20.4 Å². The van der Waals surface area contributed by atoms with Gasteiger partial charge in [0.15, 0.2) is 5.82 Å². The van der Waals surface area contributed by atoms with Crippen LogP contribution in [-0.4, -0.2) is 35.4 Å². The predicted octanol–water partition coefficient (Wildman–Crippen LogP) is 2.34. The van der Waals surface area contributed by atoms with Crippen LogP contribution in [0.3, 0.4) is 0 Å². The molecular formula is C15H21N5O. The van der Waals surface area contributed by atoms with Crippen molar-refractivity contribution in [2.24, 2.45) is 0 Å². The lowest BCUT2D eigenvalue weighted by molar-refractivity contribution is 0.414. The third-order valence-electron chi connectivity index (χ3n) is 3.23. The van der Waals surface area contributed by atoms with Gasteiger partial charge >= 0.3 is 0 Å². The van der Waals surface area contributed by atoms with Crippen molar-refractivity contribution >= 4 is 11.8 Å². The Balaban J connectivity index is 2.00. The average Bonchev–Trinajstić information content (AvgIpc) is 2.55. The number of ether oxygens (including phenoxy) is 1. The van der Waals surface area contributed by atoms with E-state index in [9.17, 15) is 0 Å². The highest BCUT2D eigenvalue weighted by Crippen LogP contribution is 2.13. The van der Waals surface area contributed by atoms with Crippen LogP contribution in [0.15, 0.2) is 30.5 Å². The average molecular weight is 287 g/mol. The third kappa shape index (κ3) is 4.05. The monoisotopic (exact) mass is 287 g/mol. The Labute approximate surface area is 125 Å². The van der Waals surface area contributed by atoms with E-state index in [-0.39, 0.29) is 0 Å². The Morgan fingerprint density at radius 1 is 1.14 bits per heavy atom. The molecule has 0 aliphatic rings. The fraction of sp³-hybridized carbons (Fsp3) is 0.400. The van der Waals surface area contributed by atoms with Gasteiger partial charge in [-0.05, 0) is 31.5 Å². The van der Waals surface area contributed by atoms with Crippen molar-refractivity contribution in [2.75, 3.05) is 30.4 Å². The first-order valence-corrected chi connectivity index (χ1v) is 7.08. The van der Waals surface area contributed by atoms with Gasteiger partial charge in [-0.15, -0.1) is 5.10 Å². The summed E-state index contributed by atoms with van der Waals surface area (Å²) in [5.74, 6) is 2.23. The topological polar surface area (TPSA) is 63.2 Å². The van der Waals surface area contributed by atoms with Gasteiger partial charge in [0.2, 0.25) is 5.95 Å². The maximum absolute atomic E-state index is 5.14. The summed E-state index contributed by atoms with van der Waals surface area (Å²) in [4.78, 5) is 6.54. The van der Waals surface area contributed by atoms with Crippen LogP contribution < -0.4 is 15.0 Å². The van der Waals surface area contributed by atoms with E-state index in [0.717, 1.165) is 30.2 Å². The molecule has 6 heteroatoms. The molecule has 21 heavy (non-hydrogen) atoms. The Hall–Kier alpha value is -2.37.